The van der Waals surface area contributed by atoms with Gasteiger partial charge in [0.1, 0.15) is 22.7 Å². The molecule has 0 heterocycles. The van der Waals surface area contributed by atoms with Crippen molar-refractivity contribution in [3.05, 3.63) is 72.8 Å². The number of hydrogen-bond donors (Lipinski definition) is 0. The lowest BCUT2D eigenvalue weighted by Crippen LogP contribution is -2.26. The summed E-state index contributed by atoms with van der Waals surface area (Å²) in [5, 5.41) is 0. The number of ether oxygens (including phenoxy) is 4. The van der Waals surface area contributed by atoms with Crippen LogP contribution in [0.15, 0.2) is 87.5 Å². The third-order valence-electron chi connectivity index (χ3n) is 4.85. The Morgan fingerprint density at radius 2 is 1.07 bits per heavy atom. The minimum atomic E-state index is -3.92. The van der Waals surface area contributed by atoms with Crippen LogP contribution in [0.25, 0.3) is 0 Å². The average molecular weight is 634 g/mol. The van der Waals surface area contributed by atoms with Gasteiger partial charge in [-0.3, -0.25) is 0 Å². The minimum absolute atomic E-state index is 0.375. The monoisotopic (exact) mass is 633 g/mol. The predicted molar refractivity (Wildman–Crippen MR) is 165 cm³/mol. The Balaban J connectivity index is 0.00000119. The molecule has 10 nitrogen and oxygen atoms in total. The van der Waals surface area contributed by atoms with Crippen LogP contribution in [0, 0.1) is 0 Å². The van der Waals surface area contributed by atoms with Crippen LogP contribution < -0.4 is 14.4 Å². The molecule has 0 N–H and O–H groups in total. The molecule has 3 aromatic rings. The Labute approximate surface area is 257 Å². The molecular formula is C31H39NO9S2. The maximum atomic E-state index is 12.3. The third-order valence-corrected chi connectivity index (χ3v) is 7.05. The van der Waals surface area contributed by atoms with Crippen molar-refractivity contribution in [3.8, 4) is 11.5 Å². The molecule has 0 unspecified atom stereocenters. The normalized spacial score (nSPS) is 11.6. The topological polar surface area (TPSA) is 132 Å². The Kier molecular flexibility index (Phi) is 12.1. The van der Waals surface area contributed by atoms with E-state index in [-0.39, 0.29) is 0 Å². The summed E-state index contributed by atoms with van der Waals surface area (Å²) >= 11 is 0. The molecule has 234 valence electrons. The molecule has 12 heteroatoms. The van der Waals surface area contributed by atoms with Gasteiger partial charge in [-0.25, -0.2) is 18.0 Å². The molecule has 0 bridgehead atoms. The quantitative estimate of drug-likeness (QED) is 0.126. The second-order valence-electron chi connectivity index (χ2n) is 11.5. The lowest BCUT2D eigenvalue weighted by molar-refractivity contribution is 0.0192. The Morgan fingerprint density at radius 3 is 1.40 bits per heavy atom. The molecule has 3 aromatic carbocycles. The number of rotatable bonds is 6. The zero-order valence-corrected chi connectivity index (χ0v) is 27.5. The van der Waals surface area contributed by atoms with Crippen LogP contribution in [0.2, 0.25) is 0 Å². The van der Waals surface area contributed by atoms with Crippen LogP contribution in [-0.2, 0) is 30.5 Å². The van der Waals surface area contributed by atoms with Gasteiger partial charge in [0.2, 0.25) is 0 Å². The Hall–Kier alpha value is -3.74. The van der Waals surface area contributed by atoms with E-state index in [1.165, 1.54) is 0 Å². The first-order chi connectivity index (χ1) is 19.7. The van der Waals surface area contributed by atoms with E-state index in [1.54, 1.807) is 53.7 Å². The highest BCUT2D eigenvalue weighted by Crippen LogP contribution is 2.35. The van der Waals surface area contributed by atoms with Gasteiger partial charge in [0, 0.05) is 38.2 Å². The van der Waals surface area contributed by atoms with Gasteiger partial charge in [0.05, 0.1) is 21.0 Å². The van der Waals surface area contributed by atoms with Gasteiger partial charge in [-0.2, -0.15) is 0 Å². The lowest BCUT2D eigenvalue weighted by Gasteiger charge is -2.19. The summed E-state index contributed by atoms with van der Waals surface area (Å²) in [5.41, 5.74) is -0.259. The van der Waals surface area contributed by atoms with E-state index < -0.39 is 44.5 Å². The Morgan fingerprint density at radius 1 is 0.698 bits per heavy atom. The van der Waals surface area contributed by atoms with Gasteiger partial charge in [-0.05, 0) is 90.1 Å². The smallest absolute Gasteiger partial charge is 0.514 e. The highest BCUT2D eigenvalue weighted by atomic mass is 32.2. The zero-order chi connectivity index (χ0) is 32.6. The first kappa shape index (κ1) is 35.5. The number of nitrogens with zero attached hydrogens (tertiary/aromatic N) is 1. The first-order valence-corrected chi connectivity index (χ1v) is 16.2. The van der Waals surface area contributed by atoms with Gasteiger partial charge in [-0.1, -0.05) is 12.1 Å². The predicted octanol–water partition coefficient (Wildman–Crippen LogP) is 6.64. The van der Waals surface area contributed by atoms with Crippen molar-refractivity contribution in [3.63, 3.8) is 0 Å². The highest BCUT2D eigenvalue weighted by Gasteiger charge is 2.31. The molecule has 0 fully saturated rings. The lowest BCUT2D eigenvalue weighted by atomic mass is 10.2. The molecule has 0 radical (unpaired) electrons. The van der Waals surface area contributed by atoms with E-state index in [9.17, 15) is 9.59 Å². The number of carbonyl (C=O) groups excluding carboxylic acids is 2. The average Bonchev–Trinajstić information content (AvgIpc) is 2.81. The zero-order valence-electron chi connectivity index (χ0n) is 25.9. The SMILES string of the molecule is CN(C)c1ccc([S+](c2cccc(OC(=O)OC(C)(C)C)c2)c2cccc(OC(=O)OC(C)(C)C)c2)cc1.CS(=O)(=O)[O-]. The molecule has 0 aliphatic rings. The molecule has 0 aliphatic carbocycles. The van der Waals surface area contributed by atoms with E-state index in [0.717, 1.165) is 20.4 Å². The standard InChI is InChI=1S/C30H36NO6S.CH4O3S/c1-29(2,3)36-27(32)34-22-11-9-13-25(19-22)38(24-17-15-21(16-18-24)31(7)8)26-14-10-12-23(20-26)35-28(33)37-30(4,5)6;1-5(2,3)4/h9-20H,1-8H3;1H3,(H,2,3,4)/q+1;/p-1. The van der Waals surface area contributed by atoms with E-state index in [4.69, 9.17) is 31.9 Å². The number of hydrogen-bond acceptors (Lipinski definition) is 10. The molecular weight excluding hydrogens is 594 g/mol. The van der Waals surface area contributed by atoms with Crippen molar-refractivity contribution in [2.45, 2.75) is 67.4 Å². The third kappa shape index (κ3) is 13.9. The molecule has 0 atom stereocenters. The van der Waals surface area contributed by atoms with Crippen LogP contribution in [0.5, 0.6) is 11.5 Å². The van der Waals surface area contributed by atoms with Gasteiger partial charge < -0.3 is 28.4 Å². The molecule has 0 saturated carbocycles. The number of benzene rings is 3. The van der Waals surface area contributed by atoms with Crippen molar-refractivity contribution >= 4 is 39.0 Å². The van der Waals surface area contributed by atoms with Crippen LogP contribution in [0.1, 0.15) is 41.5 Å². The maximum Gasteiger partial charge on any atom is 0.514 e. The van der Waals surface area contributed by atoms with Crippen molar-refractivity contribution in [2.24, 2.45) is 0 Å². The van der Waals surface area contributed by atoms with Crippen molar-refractivity contribution < 1.29 is 41.5 Å². The second-order valence-corrected chi connectivity index (χ2v) is 14.9. The molecule has 0 spiro atoms. The summed E-state index contributed by atoms with van der Waals surface area (Å²) in [7, 11) is -0.544. The summed E-state index contributed by atoms with van der Waals surface area (Å²) in [5.74, 6) is 0.751. The van der Waals surface area contributed by atoms with E-state index in [2.05, 4.69) is 24.3 Å². The molecule has 43 heavy (non-hydrogen) atoms. The van der Waals surface area contributed by atoms with Crippen LogP contribution in [-0.4, -0.2) is 56.8 Å². The van der Waals surface area contributed by atoms with E-state index in [1.807, 2.05) is 55.4 Å². The van der Waals surface area contributed by atoms with Gasteiger partial charge in [0.25, 0.3) is 0 Å². The highest BCUT2D eigenvalue weighted by molar-refractivity contribution is 7.97. The molecule has 0 aliphatic heterocycles. The van der Waals surface area contributed by atoms with Crippen molar-refractivity contribution in [1.82, 2.24) is 0 Å². The van der Waals surface area contributed by atoms with Crippen molar-refractivity contribution in [2.75, 3.05) is 25.3 Å². The number of carbonyl (C=O) groups is 2. The molecule has 0 amide bonds. The summed E-state index contributed by atoms with van der Waals surface area (Å²) in [6.45, 7) is 10.7. The van der Waals surface area contributed by atoms with Crippen LogP contribution in [0.3, 0.4) is 0 Å². The fourth-order valence-corrected chi connectivity index (χ4v) is 5.47. The number of anilines is 1. The fraction of sp³-hybridized carbons (Fsp3) is 0.355. The van der Waals surface area contributed by atoms with Crippen molar-refractivity contribution in [1.29, 1.82) is 0 Å². The van der Waals surface area contributed by atoms with Crippen LogP contribution in [0.4, 0.5) is 15.3 Å². The summed E-state index contributed by atoms with van der Waals surface area (Å²) in [6.07, 6.45) is -0.928. The van der Waals surface area contributed by atoms with Gasteiger partial charge in [-0.15, -0.1) is 0 Å². The molecule has 0 aromatic heterocycles. The Bertz CT molecular complexity index is 1410. The van der Waals surface area contributed by atoms with Gasteiger partial charge >= 0.3 is 12.3 Å². The maximum absolute atomic E-state index is 12.3. The van der Waals surface area contributed by atoms with E-state index >= 15 is 0 Å². The summed E-state index contributed by atoms with van der Waals surface area (Å²) < 4.78 is 48.8. The van der Waals surface area contributed by atoms with Crippen LogP contribution >= 0.6 is 0 Å². The minimum Gasteiger partial charge on any atom is -0.748 e. The molecule has 0 saturated heterocycles. The van der Waals surface area contributed by atoms with E-state index in [0.29, 0.717) is 17.8 Å². The second kappa shape index (κ2) is 14.6. The first-order valence-electron chi connectivity index (χ1n) is 13.1. The molecule has 3 rings (SSSR count). The summed E-state index contributed by atoms with van der Waals surface area (Å²) in [6, 6.07) is 23.0. The fourth-order valence-electron chi connectivity index (χ4n) is 3.35. The summed E-state index contributed by atoms with van der Waals surface area (Å²) in [4.78, 5) is 29.5. The largest absolute Gasteiger partial charge is 0.748 e. The van der Waals surface area contributed by atoms with Gasteiger partial charge in [0.15, 0.2) is 14.7 Å².